The third-order valence-electron chi connectivity index (χ3n) is 4.35. The maximum absolute atomic E-state index is 13.3. The average Bonchev–Trinajstić information content (AvgIpc) is 2.39. The largest absolute Gasteiger partial charge is 0.396 e. The monoisotopic (exact) mass is 378 g/mol. The minimum atomic E-state index is -3.73. The molecule has 118 valence electrons. The molecule has 3 unspecified atom stereocenters. The Morgan fingerprint density at radius 3 is 2.67 bits per heavy atom. The van der Waals surface area contributed by atoms with Gasteiger partial charge in [-0.25, -0.2) is 17.5 Å². The van der Waals surface area contributed by atoms with Gasteiger partial charge in [0, 0.05) is 10.5 Å². The number of nitrogen functional groups attached to an aromatic ring is 1. The van der Waals surface area contributed by atoms with Crippen molar-refractivity contribution in [2.75, 3.05) is 5.73 Å². The molecule has 1 saturated carbocycles. The Labute approximate surface area is 133 Å². The van der Waals surface area contributed by atoms with Gasteiger partial charge in [-0.05, 0) is 46.3 Å². The standard InChI is InChI=1S/C14H20BrFN2O2S/c1-8-4-3-5-13(9(8)2)18-21(19,20)14-7-12(17)11(16)6-10(14)15/h6-9,13,18H,3-5,17H2,1-2H3. The number of halogens is 2. The Morgan fingerprint density at radius 1 is 1.33 bits per heavy atom. The van der Waals surface area contributed by atoms with E-state index in [0.717, 1.165) is 31.4 Å². The van der Waals surface area contributed by atoms with Gasteiger partial charge in [-0.15, -0.1) is 0 Å². The number of sulfonamides is 1. The van der Waals surface area contributed by atoms with E-state index in [2.05, 4.69) is 34.5 Å². The van der Waals surface area contributed by atoms with Gasteiger partial charge >= 0.3 is 0 Å². The number of anilines is 1. The molecular formula is C14H20BrFN2O2S. The molecule has 2 rings (SSSR count). The first-order valence-electron chi connectivity index (χ1n) is 6.99. The van der Waals surface area contributed by atoms with E-state index in [1.807, 2.05) is 0 Å². The highest BCUT2D eigenvalue weighted by Crippen LogP contribution is 2.32. The van der Waals surface area contributed by atoms with Crippen molar-refractivity contribution in [3.05, 3.63) is 22.4 Å². The first-order valence-corrected chi connectivity index (χ1v) is 9.27. The average molecular weight is 379 g/mol. The summed E-state index contributed by atoms with van der Waals surface area (Å²) in [5.41, 5.74) is 5.30. The first kappa shape index (κ1) is 16.7. The van der Waals surface area contributed by atoms with Crippen molar-refractivity contribution >= 4 is 31.6 Å². The molecule has 0 heterocycles. The normalized spacial score (nSPS) is 26.8. The molecule has 1 aliphatic carbocycles. The van der Waals surface area contributed by atoms with E-state index in [1.54, 1.807) is 0 Å². The number of benzene rings is 1. The zero-order valence-corrected chi connectivity index (χ0v) is 14.5. The molecule has 0 radical (unpaired) electrons. The van der Waals surface area contributed by atoms with E-state index in [4.69, 9.17) is 5.73 Å². The van der Waals surface area contributed by atoms with E-state index in [1.165, 1.54) is 0 Å². The van der Waals surface area contributed by atoms with Crippen LogP contribution in [0.25, 0.3) is 0 Å². The lowest BCUT2D eigenvalue weighted by Crippen LogP contribution is -2.43. The lowest BCUT2D eigenvalue weighted by Gasteiger charge is -2.34. The molecule has 1 aliphatic rings. The van der Waals surface area contributed by atoms with Crippen LogP contribution in [0.2, 0.25) is 0 Å². The molecular weight excluding hydrogens is 359 g/mol. The number of nitrogens with one attached hydrogen (secondary N) is 1. The van der Waals surface area contributed by atoms with Crippen molar-refractivity contribution in [3.63, 3.8) is 0 Å². The number of rotatable bonds is 3. The summed E-state index contributed by atoms with van der Waals surface area (Å²) in [4.78, 5) is -0.0215. The second-order valence-electron chi connectivity index (χ2n) is 5.80. The van der Waals surface area contributed by atoms with Gasteiger partial charge in [0.05, 0.1) is 10.6 Å². The van der Waals surface area contributed by atoms with E-state index >= 15 is 0 Å². The fourth-order valence-corrected chi connectivity index (χ4v) is 5.17. The van der Waals surface area contributed by atoms with Crippen LogP contribution >= 0.6 is 15.9 Å². The predicted molar refractivity (Wildman–Crippen MR) is 84.8 cm³/mol. The lowest BCUT2D eigenvalue weighted by atomic mass is 9.78. The highest BCUT2D eigenvalue weighted by molar-refractivity contribution is 9.10. The van der Waals surface area contributed by atoms with Gasteiger partial charge in [0.25, 0.3) is 0 Å². The van der Waals surface area contributed by atoms with Gasteiger partial charge in [0.15, 0.2) is 0 Å². The fourth-order valence-electron chi connectivity index (χ4n) is 2.76. The summed E-state index contributed by atoms with van der Waals surface area (Å²) in [6.07, 6.45) is 2.94. The van der Waals surface area contributed by atoms with Gasteiger partial charge in [0.2, 0.25) is 10.0 Å². The summed E-state index contributed by atoms with van der Waals surface area (Å²) in [5, 5.41) is 0. The minimum absolute atomic E-state index is 0.0215. The Kier molecular flexibility index (Phi) is 4.95. The van der Waals surface area contributed by atoms with Crippen LogP contribution in [0.15, 0.2) is 21.5 Å². The van der Waals surface area contributed by atoms with Crippen molar-refractivity contribution in [2.45, 2.75) is 44.0 Å². The molecule has 0 aliphatic heterocycles. The Bertz CT molecular complexity index is 636. The molecule has 0 spiro atoms. The molecule has 0 aromatic heterocycles. The summed E-state index contributed by atoms with van der Waals surface area (Å²) in [6, 6.07) is 2.13. The SMILES string of the molecule is CC1CCCC(NS(=O)(=O)c2cc(N)c(F)cc2Br)C1C. The van der Waals surface area contributed by atoms with Crippen LogP contribution in [0.3, 0.4) is 0 Å². The summed E-state index contributed by atoms with van der Waals surface area (Å²) in [6.45, 7) is 4.20. The zero-order valence-electron chi connectivity index (χ0n) is 12.1. The summed E-state index contributed by atoms with van der Waals surface area (Å²) < 4.78 is 41.3. The Morgan fingerprint density at radius 2 is 2.00 bits per heavy atom. The summed E-state index contributed by atoms with van der Waals surface area (Å²) >= 11 is 3.09. The van der Waals surface area contributed by atoms with E-state index < -0.39 is 15.8 Å². The van der Waals surface area contributed by atoms with Gasteiger partial charge in [-0.2, -0.15) is 0 Å². The van der Waals surface area contributed by atoms with Crippen LogP contribution in [0.1, 0.15) is 33.1 Å². The maximum Gasteiger partial charge on any atom is 0.242 e. The van der Waals surface area contributed by atoms with Crippen molar-refractivity contribution in [2.24, 2.45) is 11.8 Å². The molecule has 3 atom stereocenters. The minimum Gasteiger partial charge on any atom is -0.396 e. The van der Waals surface area contributed by atoms with Gasteiger partial charge in [-0.1, -0.05) is 26.7 Å². The van der Waals surface area contributed by atoms with Crippen LogP contribution < -0.4 is 10.5 Å². The molecule has 4 nitrogen and oxygen atoms in total. The van der Waals surface area contributed by atoms with Crippen molar-refractivity contribution in [1.29, 1.82) is 0 Å². The van der Waals surface area contributed by atoms with E-state index in [-0.39, 0.29) is 27.0 Å². The van der Waals surface area contributed by atoms with Crippen LogP contribution in [0.4, 0.5) is 10.1 Å². The quantitative estimate of drug-likeness (QED) is 0.792. The first-order chi connectivity index (χ1) is 9.72. The summed E-state index contributed by atoms with van der Waals surface area (Å²) in [5.74, 6) is 0.110. The zero-order chi connectivity index (χ0) is 15.8. The fraction of sp³-hybridized carbons (Fsp3) is 0.571. The van der Waals surface area contributed by atoms with Gasteiger partial charge in [0.1, 0.15) is 5.82 Å². The molecule has 0 bridgehead atoms. The second-order valence-corrected chi connectivity index (χ2v) is 8.34. The van der Waals surface area contributed by atoms with E-state index in [0.29, 0.717) is 5.92 Å². The van der Waals surface area contributed by atoms with Crippen LogP contribution in [-0.2, 0) is 10.0 Å². The highest BCUT2D eigenvalue weighted by atomic mass is 79.9. The van der Waals surface area contributed by atoms with Crippen molar-refractivity contribution in [1.82, 2.24) is 4.72 Å². The molecule has 3 N–H and O–H groups in total. The van der Waals surface area contributed by atoms with Gasteiger partial charge in [-0.3, -0.25) is 0 Å². The molecule has 1 aromatic rings. The number of hydrogen-bond acceptors (Lipinski definition) is 3. The number of hydrogen-bond donors (Lipinski definition) is 2. The third kappa shape index (κ3) is 3.57. The van der Waals surface area contributed by atoms with Crippen LogP contribution in [0, 0.1) is 17.7 Å². The van der Waals surface area contributed by atoms with E-state index in [9.17, 15) is 12.8 Å². The van der Waals surface area contributed by atoms with Crippen LogP contribution in [-0.4, -0.2) is 14.5 Å². The smallest absolute Gasteiger partial charge is 0.242 e. The molecule has 7 heteroatoms. The molecule has 21 heavy (non-hydrogen) atoms. The molecule has 0 saturated heterocycles. The van der Waals surface area contributed by atoms with Crippen molar-refractivity contribution < 1.29 is 12.8 Å². The van der Waals surface area contributed by atoms with Crippen LogP contribution in [0.5, 0.6) is 0 Å². The molecule has 1 fully saturated rings. The maximum atomic E-state index is 13.3. The Balaban J connectivity index is 2.28. The third-order valence-corrected chi connectivity index (χ3v) is 6.80. The molecule has 1 aromatic carbocycles. The lowest BCUT2D eigenvalue weighted by molar-refractivity contribution is 0.227. The van der Waals surface area contributed by atoms with Gasteiger partial charge < -0.3 is 5.73 Å². The number of nitrogens with two attached hydrogens (primary N) is 1. The van der Waals surface area contributed by atoms with Crippen molar-refractivity contribution in [3.8, 4) is 0 Å². The molecule has 0 amide bonds. The topological polar surface area (TPSA) is 72.2 Å². The predicted octanol–water partition coefficient (Wildman–Crippen LogP) is 3.27. The Hall–Kier alpha value is -0.660. The summed E-state index contributed by atoms with van der Waals surface area (Å²) in [7, 11) is -3.73. The highest BCUT2D eigenvalue weighted by Gasteiger charge is 2.31. The second kappa shape index (κ2) is 6.22.